The van der Waals surface area contributed by atoms with Crippen LogP contribution in [-0.4, -0.2) is 55.0 Å². The van der Waals surface area contributed by atoms with E-state index >= 15 is 0 Å². The molecule has 1 unspecified atom stereocenters. The Bertz CT molecular complexity index is 391. The molecule has 4 nitrogen and oxygen atoms in total. The molecule has 0 spiro atoms. The highest BCUT2D eigenvalue weighted by molar-refractivity contribution is 5.85. The quantitative estimate of drug-likeness (QED) is 0.891. The Labute approximate surface area is 121 Å². The van der Waals surface area contributed by atoms with Crippen molar-refractivity contribution in [1.82, 2.24) is 9.80 Å². The Hall–Kier alpha value is -1.10. The molecule has 106 valence electrons. The molecule has 1 amide bonds. The third kappa shape index (κ3) is 4.49. The SMILES string of the molecule is CN1CCN(C(=O)C(N)Cc2ccccc2)CC1.Cl. The van der Waals surface area contributed by atoms with E-state index in [9.17, 15) is 4.79 Å². The molecule has 1 fully saturated rings. The van der Waals surface area contributed by atoms with Gasteiger partial charge in [-0.3, -0.25) is 4.79 Å². The largest absolute Gasteiger partial charge is 0.339 e. The molecule has 0 aromatic heterocycles. The van der Waals surface area contributed by atoms with Gasteiger partial charge in [0.25, 0.3) is 0 Å². The number of amides is 1. The van der Waals surface area contributed by atoms with E-state index in [0.29, 0.717) is 6.42 Å². The lowest BCUT2D eigenvalue weighted by Gasteiger charge is -2.33. The van der Waals surface area contributed by atoms with Gasteiger partial charge in [-0.25, -0.2) is 0 Å². The van der Waals surface area contributed by atoms with Crippen LogP contribution in [0.5, 0.6) is 0 Å². The number of likely N-dealkylation sites (N-methyl/N-ethyl adjacent to an activating group) is 1. The molecule has 1 heterocycles. The first-order chi connectivity index (χ1) is 8.66. The van der Waals surface area contributed by atoms with Gasteiger partial charge in [0.15, 0.2) is 0 Å². The number of carbonyl (C=O) groups excluding carboxylic acids is 1. The summed E-state index contributed by atoms with van der Waals surface area (Å²) in [4.78, 5) is 16.3. The highest BCUT2D eigenvalue weighted by Crippen LogP contribution is 2.06. The molecular weight excluding hydrogens is 262 g/mol. The Balaban J connectivity index is 0.00000180. The lowest BCUT2D eigenvalue weighted by molar-refractivity contribution is -0.134. The van der Waals surface area contributed by atoms with Gasteiger partial charge in [0, 0.05) is 26.2 Å². The lowest BCUT2D eigenvalue weighted by atomic mass is 10.1. The van der Waals surface area contributed by atoms with Crippen LogP contribution in [0.25, 0.3) is 0 Å². The summed E-state index contributed by atoms with van der Waals surface area (Å²) < 4.78 is 0. The summed E-state index contributed by atoms with van der Waals surface area (Å²) >= 11 is 0. The monoisotopic (exact) mass is 283 g/mol. The predicted molar refractivity (Wildman–Crippen MR) is 79.4 cm³/mol. The van der Waals surface area contributed by atoms with Crippen LogP contribution in [0.15, 0.2) is 30.3 Å². The van der Waals surface area contributed by atoms with Crippen molar-refractivity contribution in [3.05, 3.63) is 35.9 Å². The number of piperazine rings is 1. The maximum absolute atomic E-state index is 12.2. The van der Waals surface area contributed by atoms with Gasteiger partial charge in [-0.1, -0.05) is 30.3 Å². The normalized spacial score (nSPS) is 17.7. The van der Waals surface area contributed by atoms with E-state index < -0.39 is 6.04 Å². The second kappa shape index (κ2) is 7.48. The topological polar surface area (TPSA) is 49.6 Å². The molecule has 1 aromatic carbocycles. The second-order valence-corrected chi connectivity index (χ2v) is 4.92. The van der Waals surface area contributed by atoms with Crippen LogP contribution in [0.2, 0.25) is 0 Å². The minimum Gasteiger partial charge on any atom is -0.339 e. The molecule has 0 saturated carbocycles. The van der Waals surface area contributed by atoms with Crippen molar-refractivity contribution >= 4 is 18.3 Å². The third-order valence-electron chi connectivity index (χ3n) is 3.43. The Morgan fingerprint density at radius 1 is 1.21 bits per heavy atom. The van der Waals surface area contributed by atoms with Crippen LogP contribution in [0.1, 0.15) is 5.56 Å². The first-order valence-corrected chi connectivity index (χ1v) is 6.43. The molecule has 0 aliphatic carbocycles. The first-order valence-electron chi connectivity index (χ1n) is 6.43. The fourth-order valence-electron chi connectivity index (χ4n) is 2.22. The smallest absolute Gasteiger partial charge is 0.239 e. The van der Waals surface area contributed by atoms with Gasteiger partial charge in [0.05, 0.1) is 6.04 Å². The van der Waals surface area contributed by atoms with Crippen LogP contribution in [0.4, 0.5) is 0 Å². The summed E-state index contributed by atoms with van der Waals surface area (Å²) in [5.74, 6) is 0.0759. The zero-order valence-electron chi connectivity index (χ0n) is 11.3. The average molecular weight is 284 g/mol. The highest BCUT2D eigenvalue weighted by Gasteiger charge is 2.23. The molecule has 0 radical (unpaired) electrons. The van der Waals surface area contributed by atoms with Crippen LogP contribution in [0.3, 0.4) is 0 Å². The molecule has 5 heteroatoms. The van der Waals surface area contributed by atoms with Gasteiger partial charge in [0.2, 0.25) is 5.91 Å². The Morgan fingerprint density at radius 2 is 1.79 bits per heavy atom. The molecule has 2 rings (SSSR count). The van der Waals surface area contributed by atoms with E-state index in [2.05, 4.69) is 11.9 Å². The minimum atomic E-state index is -0.421. The number of hydrogen-bond acceptors (Lipinski definition) is 3. The summed E-state index contributed by atoms with van der Waals surface area (Å²) in [6.45, 7) is 3.45. The van der Waals surface area contributed by atoms with Crippen LogP contribution in [0, 0.1) is 0 Å². The van der Waals surface area contributed by atoms with Crippen molar-refractivity contribution in [3.63, 3.8) is 0 Å². The lowest BCUT2D eigenvalue weighted by Crippen LogP contribution is -2.52. The fourth-order valence-corrected chi connectivity index (χ4v) is 2.22. The number of nitrogens with zero attached hydrogens (tertiary/aromatic N) is 2. The number of nitrogens with two attached hydrogens (primary N) is 1. The number of carbonyl (C=O) groups is 1. The standard InChI is InChI=1S/C14H21N3O.ClH/c1-16-7-9-17(10-8-16)14(18)13(15)11-12-5-3-2-4-6-12;/h2-6,13H,7-11,15H2,1H3;1H. The van der Waals surface area contributed by atoms with Gasteiger partial charge >= 0.3 is 0 Å². The van der Waals surface area contributed by atoms with E-state index in [0.717, 1.165) is 31.7 Å². The van der Waals surface area contributed by atoms with E-state index in [1.807, 2.05) is 35.2 Å². The summed E-state index contributed by atoms with van der Waals surface area (Å²) in [6, 6.07) is 9.52. The highest BCUT2D eigenvalue weighted by atomic mass is 35.5. The van der Waals surface area contributed by atoms with E-state index in [1.54, 1.807) is 0 Å². The number of halogens is 1. The molecule has 2 N–H and O–H groups in total. The van der Waals surface area contributed by atoms with Gasteiger partial charge in [0.1, 0.15) is 0 Å². The van der Waals surface area contributed by atoms with Crippen molar-refractivity contribution < 1.29 is 4.79 Å². The summed E-state index contributed by atoms with van der Waals surface area (Å²) in [5.41, 5.74) is 7.13. The maximum atomic E-state index is 12.2. The molecule has 1 aliphatic heterocycles. The van der Waals surface area contributed by atoms with Crippen molar-refractivity contribution in [2.75, 3.05) is 33.2 Å². The molecule has 0 bridgehead atoms. The first kappa shape index (κ1) is 16.0. The zero-order valence-corrected chi connectivity index (χ0v) is 12.1. The number of hydrogen-bond donors (Lipinski definition) is 1. The van der Waals surface area contributed by atoms with Crippen LogP contribution in [-0.2, 0) is 11.2 Å². The van der Waals surface area contributed by atoms with Gasteiger partial charge in [-0.2, -0.15) is 0 Å². The molecule has 1 aliphatic rings. The molecule has 19 heavy (non-hydrogen) atoms. The third-order valence-corrected chi connectivity index (χ3v) is 3.43. The molecule has 1 saturated heterocycles. The zero-order chi connectivity index (χ0) is 13.0. The summed E-state index contributed by atoms with van der Waals surface area (Å²) in [7, 11) is 2.08. The summed E-state index contributed by atoms with van der Waals surface area (Å²) in [6.07, 6.45) is 0.617. The fraction of sp³-hybridized carbons (Fsp3) is 0.500. The Morgan fingerprint density at radius 3 is 2.37 bits per heavy atom. The van der Waals surface area contributed by atoms with Crippen molar-refractivity contribution in [1.29, 1.82) is 0 Å². The number of benzene rings is 1. The minimum absolute atomic E-state index is 0. The van der Waals surface area contributed by atoms with Crippen LogP contribution >= 0.6 is 12.4 Å². The van der Waals surface area contributed by atoms with Crippen molar-refractivity contribution in [3.8, 4) is 0 Å². The van der Waals surface area contributed by atoms with Gasteiger partial charge in [-0.05, 0) is 19.0 Å². The molecular formula is C14H22ClN3O. The van der Waals surface area contributed by atoms with E-state index in [1.165, 1.54) is 0 Å². The average Bonchev–Trinajstić information content (AvgIpc) is 2.40. The van der Waals surface area contributed by atoms with Gasteiger partial charge < -0.3 is 15.5 Å². The van der Waals surface area contributed by atoms with Gasteiger partial charge in [-0.15, -0.1) is 12.4 Å². The van der Waals surface area contributed by atoms with Crippen molar-refractivity contribution in [2.45, 2.75) is 12.5 Å². The van der Waals surface area contributed by atoms with Crippen molar-refractivity contribution in [2.24, 2.45) is 5.73 Å². The second-order valence-electron chi connectivity index (χ2n) is 4.92. The maximum Gasteiger partial charge on any atom is 0.239 e. The predicted octanol–water partition coefficient (Wildman–Crippen LogP) is 0.752. The summed E-state index contributed by atoms with van der Waals surface area (Å²) in [5, 5.41) is 0. The van der Waals surface area contributed by atoms with Crippen LogP contribution < -0.4 is 5.73 Å². The van der Waals surface area contributed by atoms with E-state index in [-0.39, 0.29) is 18.3 Å². The molecule has 1 atom stereocenters. The number of rotatable bonds is 3. The Kier molecular flexibility index (Phi) is 6.28. The van der Waals surface area contributed by atoms with E-state index in [4.69, 9.17) is 5.73 Å². The molecule has 1 aromatic rings.